The third kappa shape index (κ3) is 4.14. The van der Waals surface area contributed by atoms with Crippen LogP contribution in [0.5, 0.6) is 0 Å². The van der Waals surface area contributed by atoms with E-state index in [1.54, 1.807) is 12.1 Å². The molecule has 94 valence electrons. The molecule has 0 aliphatic carbocycles. The van der Waals surface area contributed by atoms with Crippen LogP contribution in [0.4, 0.5) is 0 Å². The van der Waals surface area contributed by atoms with Gasteiger partial charge in [-0.05, 0) is 53.1 Å². The molecule has 0 aromatic heterocycles. The summed E-state index contributed by atoms with van der Waals surface area (Å²) in [7, 11) is 0. The molecular formula is C13H17ClINO. The van der Waals surface area contributed by atoms with Gasteiger partial charge in [-0.15, -0.1) is 0 Å². The van der Waals surface area contributed by atoms with Crippen molar-refractivity contribution in [2.45, 2.75) is 33.2 Å². The summed E-state index contributed by atoms with van der Waals surface area (Å²) in [6, 6.07) is 5.58. The minimum atomic E-state index is -0.0520. The van der Waals surface area contributed by atoms with Gasteiger partial charge in [-0.1, -0.05) is 32.4 Å². The van der Waals surface area contributed by atoms with E-state index in [1.165, 1.54) is 0 Å². The maximum atomic E-state index is 12.0. The van der Waals surface area contributed by atoms with Gasteiger partial charge in [0.05, 0.1) is 5.02 Å². The van der Waals surface area contributed by atoms with E-state index in [1.807, 2.05) is 6.07 Å². The van der Waals surface area contributed by atoms with Crippen molar-refractivity contribution in [3.05, 3.63) is 32.4 Å². The Morgan fingerprint density at radius 2 is 2.12 bits per heavy atom. The number of amides is 1. The van der Waals surface area contributed by atoms with Crippen LogP contribution in [0.1, 0.15) is 37.6 Å². The Bertz CT molecular complexity index is 406. The monoisotopic (exact) mass is 365 g/mol. The molecule has 0 radical (unpaired) electrons. The molecule has 0 bridgehead atoms. The van der Waals surface area contributed by atoms with Gasteiger partial charge >= 0.3 is 0 Å². The predicted molar refractivity (Wildman–Crippen MR) is 80.6 cm³/mol. The smallest absolute Gasteiger partial charge is 0.251 e. The van der Waals surface area contributed by atoms with Gasteiger partial charge in [-0.3, -0.25) is 4.79 Å². The topological polar surface area (TPSA) is 29.1 Å². The maximum Gasteiger partial charge on any atom is 0.251 e. The van der Waals surface area contributed by atoms with E-state index < -0.39 is 0 Å². The van der Waals surface area contributed by atoms with Gasteiger partial charge in [0, 0.05) is 15.2 Å². The van der Waals surface area contributed by atoms with E-state index in [2.05, 4.69) is 48.7 Å². The number of benzene rings is 1. The molecule has 0 aliphatic heterocycles. The van der Waals surface area contributed by atoms with E-state index in [0.29, 0.717) is 16.5 Å². The lowest BCUT2D eigenvalue weighted by atomic mass is 10.0. The Balaban J connectivity index is 2.79. The van der Waals surface area contributed by atoms with Crippen molar-refractivity contribution in [3.63, 3.8) is 0 Å². The molecule has 0 saturated heterocycles. The van der Waals surface area contributed by atoms with E-state index in [9.17, 15) is 4.79 Å². The number of rotatable bonds is 4. The van der Waals surface area contributed by atoms with Crippen molar-refractivity contribution in [1.82, 2.24) is 5.32 Å². The van der Waals surface area contributed by atoms with Gasteiger partial charge in [-0.25, -0.2) is 0 Å². The number of hydrogen-bond acceptors (Lipinski definition) is 1. The van der Waals surface area contributed by atoms with Gasteiger partial charge in [-0.2, -0.15) is 0 Å². The zero-order chi connectivity index (χ0) is 13.0. The first kappa shape index (κ1) is 14.8. The summed E-state index contributed by atoms with van der Waals surface area (Å²) in [5.41, 5.74) is 0.620. The summed E-state index contributed by atoms with van der Waals surface area (Å²) in [4.78, 5) is 12.0. The lowest BCUT2D eigenvalue weighted by molar-refractivity contribution is 0.0924. The highest BCUT2D eigenvalue weighted by atomic mass is 127. The number of hydrogen-bond donors (Lipinski definition) is 1. The Kier molecular flexibility index (Phi) is 5.73. The summed E-state index contributed by atoms with van der Waals surface area (Å²) in [6.07, 6.45) is 0.932. The van der Waals surface area contributed by atoms with Gasteiger partial charge in [0.25, 0.3) is 5.91 Å². The summed E-state index contributed by atoms with van der Waals surface area (Å²) in [5.74, 6) is 0.382. The highest BCUT2D eigenvalue weighted by Crippen LogP contribution is 2.19. The van der Waals surface area contributed by atoms with Crippen LogP contribution in [0.15, 0.2) is 18.2 Å². The number of carbonyl (C=O) groups excluding carboxylic acids is 1. The molecule has 1 amide bonds. The fourth-order valence-electron chi connectivity index (χ4n) is 1.63. The Morgan fingerprint density at radius 3 is 2.59 bits per heavy atom. The first-order valence-corrected chi connectivity index (χ1v) is 7.17. The van der Waals surface area contributed by atoms with Gasteiger partial charge in [0.15, 0.2) is 0 Å². The zero-order valence-corrected chi connectivity index (χ0v) is 13.2. The van der Waals surface area contributed by atoms with E-state index >= 15 is 0 Å². The van der Waals surface area contributed by atoms with Crippen molar-refractivity contribution in [1.29, 1.82) is 0 Å². The van der Waals surface area contributed by atoms with Gasteiger partial charge < -0.3 is 5.32 Å². The predicted octanol–water partition coefficient (Wildman–Crippen LogP) is 4.11. The second kappa shape index (κ2) is 6.59. The molecule has 1 aromatic rings. The van der Waals surface area contributed by atoms with Crippen LogP contribution >= 0.6 is 34.2 Å². The Hall–Kier alpha value is -0.290. The van der Waals surface area contributed by atoms with E-state index in [-0.39, 0.29) is 11.9 Å². The molecule has 4 heteroatoms. The van der Waals surface area contributed by atoms with Crippen LogP contribution in [0, 0.1) is 9.49 Å². The molecule has 1 unspecified atom stereocenters. The molecule has 17 heavy (non-hydrogen) atoms. The molecule has 1 aromatic carbocycles. The lowest BCUT2D eigenvalue weighted by Gasteiger charge is -2.20. The third-order valence-corrected chi connectivity index (χ3v) is 4.32. The van der Waals surface area contributed by atoms with Gasteiger partial charge in [0.2, 0.25) is 0 Å². The third-order valence-electron chi connectivity index (χ3n) is 2.74. The average molecular weight is 366 g/mol. The van der Waals surface area contributed by atoms with E-state index in [4.69, 9.17) is 11.6 Å². The number of carbonyl (C=O) groups is 1. The summed E-state index contributed by atoms with van der Waals surface area (Å²) in [5, 5.41) is 3.65. The van der Waals surface area contributed by atoms with Crippen LogP contribution in [-0.2, 0) is 0 Å². The Labute approximate surface area is 121 Å². The first-order valence-electron chi connectivity index (χ1n) is 5.71. The minimum absolute atomic E-state index is 0.0520. The normalized spacial score (nSPS) is 12.6. The van der Waals surface area contributed by atoms with Crippen LogP contribution in [0.2, 0.25) is 5.02 Å². The molecule has 0 aliphatic rings. The molecule has 1 N–H and O–H groups in total. The van der Waals surface area contributed by atoms with Crippen molar-refractivity contribution in [3.8, 4) is 0 Å². The molecule has 1 rings (SSSR count). The highest BCUT2D eigenvalue weighted by Gasteiger charge is 2.15. The van der Waals surface area contributed by atoms with Crippen molar-refractivity contribution >= 4 is 40.1 Å². The van der Waals surface area contributed by atoms with Crippen LogP contribution in [0.25, 0.3) is 0 Å². The van der Waals surface area contributed by atoms with Crippen molar-refractivity contribution < 1.29 is 4.79 Å². The van der Waals surface area contributed by atoms with Crippen LogP contribution in [0.3, 0.4) is 0 Å². The largest absolute Gasteiger partial charge is 0.349 e. The van der Waals surface area contributed by atoms with Crippen LogP contribution in [-0.4, -0.2) is 11.9 Å². The number of nitrogens with one attached hydrogen (secondary N) is 1. The zero-order valence-electron chi connectivity index (χ0n) is 10.3. The average Bonchev–Trinajstić information content (AvgIpc) is 2.28. The first-order chi connectivity index (χ1) is 7.95. The quantitative estimate of drug-likeness (QED) is 0.799. The maximum absolute atomic E-state index is 12.0. The highest BCUT2D eigenvalue weighted by molar-refractivity contribution is 14.1. The molecule has 0 fully saturated rings. The SMILES string of the molecule is CCC(NC(=O)c1ccc(I)c(Cl)c1)C(C)C. The van der Waals surface area contributed by atoms with Crippen molar-refractivity contribution in [2.75, 3.05) is 0 Å². The second-order valence-electron chi connectivity index (χ2n) is 4.36. The fraction of sp³-hybridized carbons (Fsp3) is 0.462. The molecule has 0 saturated carbocycles. The summed E-state index contributed by atoms with van der Waals surface area (Å²) in [6.45, 7) is 6.29. The second-order valence-corrected chi connectivity index (χ2v) is 5.93. The molecule has 0 spiro atoms. The Morgan fingerprint density at radius 1 is 1.47 bits per heavy atom. The molecular weight excluding hydrogens is 349 g/mol. The van der Waals surface area contributed by atoms with Crippen LogP contribution < -0.4 is 5.32 Å². The minimum Gasteiger partial charge on any atom is -0.349 e. The molecule has 2 nitrogen and oxygen atoms in total. The molecule has 1 atom stereocenters. The van der Waals surface area contributed by atoms with E-state index in [0.717, 1.165) is 9.99 Å². The lowest BCUT2D eigenvalue weighted by Crippen LogP contribution is -2.38. The number of halogens is 2. The van der Waals surface area contributed by atoms with Gasteiger partial charge in [0.1, 0.15) is 0 Å². The molecule has 0 heterocycles. The summed E-state index contributed by atoms with van der Waals surface area (Å²) >= 11 is 8.15. The fourth-order valence-corrected chi connectivity index (χ4v) is 2.15. The standard InChI is InChI=1S/C13H17ClINO/c1-4-12(8(2)3)16-13(17)9-5-6-11(15)10(14)7-9/h5-8,12H,4H2,1-3H3,(H,16,17). The van der Waals surface area contributed by atoms with Crippen molar-refractivity contribution in [2.24, 2.45) is 5.92 Å². The summed E-state index contributed by atoms with van der Waals surface area (Å²) < 4.78 is 0.955.